The van der Waals surface area contributed by atoms with Crippen LogP contribution in [0.1, 0.15) is 0 Å². The summed E-state index contributed by atoms with van der Waals surface area (Å²) in [7, 11) is 0. The van der Waals surface area contributed by atoms with E-state index < -0.39 is 0 Å². The van der Waals surface area contributed by atoms with Crippen LogP contribution in [0.3, 0.4) is 0 Å². The summed E-state index contributed by atoms with van der Waals surface area (Å²) in [4.78, 5) is 0. The SMILES string of the molecule is c1cc(-c2cccc3c2sc2ccccc23)cc(-c2cccc3c2sc2c(-c4cccc(-c5cccc6c5sc5c(-c7cccc(-c8cccc9c8sc8ccccc89)c7)cccc56)c4)cccc23)c1. The van der Waals surface area contributed by atoms with E-state index in [0.29, 0.717) is 0 Å². The molecule has 0 spiro atoms. The lowest BCUT2D eigenvalue weighted by Gasteiger charge is -2.08. The second-order valence-corrected chi connectivity index (χ2v) is 22.4. The molecule has 4 heterocycles. The molecule has 0 aliphatic heterocycles. The van der Waals surface area contributed by atoms with Gasteiger partial charge in [0.2, 0.25) is 0 Å². The van der Waals surface area contributed by atoms with Crippen LogP contribution in [0, 0.1) is 0 Å². The molecule has 0 bridgehead atoms. The van der Waals surface area contributed by atoms with Crippen molar-refractivity contribution in [3.05, 3.63) is 231 Å². The number of rotatable bonds is 6. The van der Waals surface area contributed by atoms with Crippen LogP contribution in [0.25, 0.3) is 147 Å². The minimum Gasteiger partial charge on any atom is -0.135 e. The van der Waals surface area contributed by atoms with Crippen molar-refractivity contribution in [3.63, 3.8) is 0 Å². The van der Waals surface area contributed by atoms with E-state index in [2.05, 4.69) is 231 Å². The lowest BCUT2D eigenvalue weighted by atomic mass is 9.95. The van der Waals surface area contributed by atoms with Crippen molar-refractivity contribution < 1.29 is 0 Å². The second kappa shape index (κ2) is 15.9. The highest BCUT2D eigenvalue weighted by atomic mass is 32.1. The Morgan fingerprint density at radius 2 is 0.386 bits per heavy atom. The van der Waals surface area contributed by atoms with Crippen LogP contribution >= 0.6 is 45.3 Å². The van der Waals surface area contributed by atoms with Gasteiger partial charge in [-0.05, 0) is 97.1 Å². The summed E-state index contributed by atoms with van der Waals surface area (Å²) in [5.74, 6) is 0. The zero-order chi connectivity index (χ0) is 45.9. The van der Waals surface area contributed by atoms with Crippen molar-refractivity contribution in [3.8, 4) is 66.8 Å². The summed E-state index contributed by atoms with van der Waals surface area (Å²) in [5, 5.41) is 10.5. The van der Waals surface area contributed by atoms with Crippen molar-refractivity contribution in [1.82, 2.24) is 0 Å². The third-order valence-corrected chi connectivity index (χ3v) is 19.3. The van der Waals surface area contributed by atoms with Gasteiger partial charge in [0, 0.05) is 80.7 Å². The van der Waals surface area contributed by atoms with Crippen molar-refractivity contribution in [2.24, 2.45) is 0 Å². The first-order chi connectivity index (χ1) is 34.7. The summed E-state index contributed by atoms with van der Waals surface area (Å²) in [6, 6.07) is 86.0. The molecule has 15 aromatic rings. The van der Waals surface area contributed by atoms with Crippen molar-refractivity contribution >= 4 is 126 Å². The fourth-order valence-electron chi connectivity index (χ4n) is 11.1. The predicted molar refractivity (Wildman–Crippen MR) is 311 cm³/mol. The molecule has 0 saturated carbocycles. The molecule has 70 heavy (non-hydrogen) atoms. The van der Waals surface area contributed by atoms with E-state index >= 15 is 0 Å². The van der Waals surface area contributed by atoms with Gasteiger partial charge in [0.05, 0.1) is 0 Å². The molecule has 11 aromatic carbocycles. The van der Waals surface area contributed by atoms with Crippen molar-refractivity contribution in [2.45, 2.75) is 0 Å². The Balaban J connectivity index is 0.812. The Labute approximate surface area is 420 Å². The maximum absolute atomic E-state index is 2.41. The number of thiophene rings is 4. The minimum atomic E-state index is 1.24. The van der Waals surface area contributed by atoms with E-state index in [9.17, 15) is 0 Å². The Morgan fingerprint density at radius 1 is 0.171 bits per heavy atom. The van der Waals surface area contributed by atoms with Gasteiger partial charge in [0.15, 0.2) is 0 Å². The highest BCUT2D eigenvalue weighted by Crippen LogP contribution is 2.49. The summed E-state index contributed by atoms with van der Waals surface area (Å²) in [6.07, 6.45) is 0. The molecule has 0 aliphatic carbocycles. The maximum atomic E-state index is 2.41. The smallest absolute Gasteiger partial charge is 0.0434 e. The van der Waals surface area contributed by atoms with Gasteiger partial charge in [-0.3, -0.25) is 0 Å². The number of hydrogen-bond acceptors (Lipinski definition) is 4. The minimum absolute atomic E-state index is 1.24. The van der Waals surface area contributed by atoms with Crippen LogP contribution in [0.15, 0.2) is 231 Å². The first-order valence-corrected chi connectivity index (χ1v) is 27.0. The van der Waals surface area contributed by atoms with E-state index in [1.165, 1.54) is 147 Å². The van der Waals surface area contributed by atoms with E-state index in [1.54, 1.807) is 0 Å². The van der Waals surface area contributed by atoms with Crippen LogP contribution in [-0.4, -0.2) is 0 Å². The average molecular weight is 959 g/mol. The van der Waals surface area contributed by atoms with E-state index in [0.717, 1.165) is 0 Å². The van der Waals surface area contributed by atoms with Crippen molar-refractivity contribution in [1.29, 1.82) is 0 Å². The molecule has 4 aromatic heterocycles. The fourth-order valence-corrected chi connectivity index (χ4v) is 16.3. The molecule has 0 saturated heterocycles. The lowest BCUT2D eigenvalue weighted by molar-refractivity contribution is 1.64. The molecular formula is C66H38S4. The molecule has 4 heteroatoms. The molecular weight excluding hydrogens is 921 g/mol. The first kappa shape index (κ1) is 40.2. The molecule has 0 fully saturated rings. The van der Waals surface area contributed by atoms with Gasteiger partial charge in [-0.25, -0.2) is 0 Å². The van der Waals surface area contributed by atoms with Gasteiger partial charge in [0.1, 0.15) is 0 Å². The largest absolute Gasteiger partial charge is 0.135 e. The first-order valence-electron chi connectivity index (χ1n) is 23.7. The van der Waals surface area contributed by atoms with Crippen LogP contribution in [-0.2, 0) is 0 Å². The molecule has 0 N–H and O–H groups in total. The summed E-state index contributed by atoms with van der Waals surface area (Å²) in [5.41, 5.74) is 15.1. The molecule has 0 atom stereocenters. The predicted octanol–water partition coefficient (Wildman–Crippen LogP) is 21.2. The maximum Gasteiger partial charge on any atom is 0.0434 e. The monoisotopic (exact) mass is 958 g/mol. The zero-order valence-electron chi connectivity index (χ0n) is 37.6. The number of fused-ring (bicyclic) bond motifs is 12. The van der Waals surface area contributed by atoms with Gasteiger partial charge < -0.3 is 0 Å². The van der Waals surface area contributed by atoms with Gasteiger partial charge in [-0.2, -0.15) is 0 Å². The Kier molecular flexibility index (Phi) is 9.15. The molecule has 0 aliphatic rings. The van der Waals surface area contributed by atoms with E-state index in [-0.39, 0.29) is 0 Å². The standard InChI is InChI=1S/C66H38S4/c1-3-34-59-51(20-1)53-28-8-22-45(61(53)67-59)39-14-5-16-41(36-39)47-24-10-30-55-57-32-12-26-49(65(57)69-63(47)55)43-18-7-19-44(38-43)50-27-13-33-58-56-31-11-25-48(64(56)70-66(50)58)42-17-6-15-40(37-42)46-23-9-29-54-52-21-2-4-35-60(52)68-62(46)54/h1-38H. The van der Waals surface area contributed by atoms with Gasteiger partial charge in [-0.15, -0.1) is 45.3 Å². The quantitative estimate of drug-likeness (QED) is 0.156. The molecule has 0 unspecified atom stereocenters. The van der Waals surface area contributed by atoms with E-state index in [1.807, 2.05) is 45.3 Å². The highest BCUT2D eigenvalue weighted by molar-refractivity contribution is 7.28. The topological polar surface area (TPSA) is 0 Å². The Hall–Kier alpha value is -7.70. The number of benzene rings is 11. The van der Waals surface area contributed by atoms with Gasteiger partial charge in [0.25, 0.3) is 0 Å². The third-order valence-electron chi connectivity index (χ3n) is 14.3. The van der Waals surface area contributed by atoms with Crippen LogP contribution < -0.4 is 0 Å². The number of hydrogen-bond donors (Lipinski definition) is 0. The second-order valence-electron chi connectivity index (χ2n) is 18.2. The fraction of sp³-hybridized carbons (Fsp3) is 0. The molecule has 326 valence electrons. The average Bonchev–Trinajstić information content (AvgIpc) is 4.21. The normalized spacial score (nSPS) is 12.0. The molecule has 0 nitrogen and oxygen atoms in total. The third kappa shape index (κ3) is 6.24. The van der Waals surface area contributed by atoms with Gasteiger partial charge in [-0.1, -0.05) is 200 Å². The lowest BCUT2D eigenvalue weighted by Crippen LogP contribution is -1.83. The Morgan fingerprint density at radius 3 is 0.671 bits per heavy atom. The molecule has 15 rings (SSSR count). The molecule has 0 amide bonds. The summed E-state index contributed by atoms with van der Waals surface area (Å²) < 4.78 is 10.7. The van der Waals surface area contributed by atoms with E-state index in [4.69, 9.17) is 0 Å². The van der Waals surface area contributed by atoms with Crippen LogP contribution in [0.4, 0.5) is 0 Å². The van der Waals surface area contributed by atoms with Crippen molar-refractivity contribution in [2.75, 3.05) is 0 Å². The summed E-state index contributed by atoms with van der Waals surface area (Å²) in [6.45, 7) is 0. The Bertz CT molecular complexity index is 4320. The zero-order valence-corrected chi connectivity index (χ0v) is 40.8. The van der Waals surface area contributed by atoms with Crippen LogP contribution in [0.5, 0.6) is 0 Å². The molecule has 0 radical (unpaired) electrons. The summed E-state index contributed by atoms with van der Waals surface area (Å²) >= 11 is 7.63. The van der Waals surface area contributed by atoms with Crippen LogP contribution in [0.2, 0.25) is 0 Å². The van der Waals surface area contributed by atoms with Gasteiger partial charge >= 0.3 is 0 Å². The highest BCUT2D eigenvalue weighted by Gasteiger charge is 2.19.